The molecule has 0 radical (unpaired) electrons. The normalized spacial score (nSPS) is 19.0. The quantitative estimate of drug-likeness (QED) is 0.490. The Bertz CT molecular complexity index is 1140. The van der Waals surface area contributed by atoms with Crippen molar-refractivity contribution in [1.82, 2.24) is 30.5 Å². The number of amides is 4. The molecule has 1 saturated heterocycles. The molecule has 2 aromatic heterocycles. The number of aryl methyl sites for hydroxylation is 1. The fraction of sp³-hybridized carbons (Fsp3) is 0.176. The number of rotatable bonds is 4. The van der Waals surface area contributed by atoms with E-state index in [9.17, 15) is 23.2 Å². The van der Waals surface area contributed by atoms with E-state index < -0.39 is 35.0 Å². The van der Waals surface area contributed by atoms with Crippen molar-refractivity contribution in [2.24, 2.45) is 7.05 Å². The minimum absolute atomic E-state index is 0.0285. The molecule has 9 nitrogen and oxygen atoms in total. The molecule has 1 unspecified atom stereocenters. The largest absolute Gasteiger partial charge is 0.350 e. The number of carbonyl (C=O) groups is 3. The zero-order valence-electron chi connectivity index (χ0n) is 14.5. The standard InChI is InChI=1S/C17H14F2N6O3/c1-25-3-2-20-14(25)17(15(27)23-16(28)24-17)7-21-13(26)12-6-9-10(19)4-8(18)5-11(9)22-12/h2-6,22H,7H2,1H3,(H,21,26)(H2,23,24,27,28). The van der Waals surface area contributed by atoms with Gasteiger partial charge in [0.1, 0.15) is 23.2 Å². The lowest BCUT2D eigenvalue weighted by Crippen LogP contribution is -2.54. The highest BCUT2D eigenvalue weighted by Gasteiger charge is 2.50. The van der Waals surface area contributed by atoms with Crippen molar-refractivity contribution in [3.8, 4) is 0 Å². The molecule has 0 bridgehead atoms. The number of urea groups is 1. The Hall–Kier alpha value is -3.76. The van der Waals surface area contributed by atoms with Gasteiger partial charge in [-0.3, -0.25) is 14.9 Å². The molecule has 1 atom stereocenters. The summed E-state index contributed by atoms with van der Waals surface area (Å²) in [5.41, 5.74) is -1.51. The Kier molecular flexibility index (Phi) is 3.87. The summed E-state index contributed by atoms with van der Waals surface area (Å²) < 4.78 is 28.7. The molecule has 1 aromatic carbocycles. The molecule has 11 heteroatoms. The van der Waals surface area contributed by atoms with Gasteiger partial charge in [0.05, 0.1) is 12.1 Å². The first-order valence-electron chi connectivity index (χ1n) is 8.17. The molecule has 28 heavy (non-hydrogen) atoms. The van der Waals surface area contributed by atoms with Crippen molar-refractivity contribution < 1.29 is 23.2 Å². The molecule has 4 amide bonds. The number of carbonyl (C=O) groups excluding carboxylic acids is 3. The van der Waals surface area contributed by atoms with Gasteiger partial charge in [-0.2, -0.15) is 0 Å². The Balaban J connectivity index is 1.62. The highest BCUT2D eigenvalue weighted by Crippen LogP contribution is 2.24. The minimum Gasteiger partial charge on any atom is -0.350 e. The number of hydrogen-bond acceptors (Lipinski definition) is 4. The van der Waals surface area contributed by atoms with Gasteiger partial charge in [0.25, 0.3) is 11.8 Å². The van der Waals surface area contributed by atoms with E-state index in [1.165, 1.54) is 12.3 Å². The Morgan fingerprint density at radius 2 is 2.07 bits per heavy atom. The van der Waals surface area contributed by atoms with Crippen LogP contribution in [0, 0.1) is 11.6 Å². The number of nitrogens with one attached hydrogen (secondary N) is 4. The predicted octanol–water partition coefficient (Wildman–Crippen LogP) is 0.644. The number of benzene rings is 1. The lowest BCUT2D eigenvalue weighted by atomic mass is 9.98. The van der Waals surface area contributed by atoms with Crippen molar-refractivity contribution in [2.75, 3.05) is 6.54 Å². The molecule has 1 aliphatic heterocycles. The summed E-state index contributed by atoms with van der Waals surface area (Å²) in [6.07, 6.45) is 3.04. The van der Waals surface area contributed by atoms with Gasteiger partial charge >= 0.3 is 6.03 Å². The summed E-state index contributed by atoms with van der Waals surface area (Å²) in [4.78, 5) is 43.4. The SMILES string of the molecule is Cn1ccnc1C1(CNC(=O)c2cc3c(F)cc(F)cc3[nH]2)NC(=O)NC1=O. The van der Waals surface area contributed by atoms with E-state index in [0.29, 0.717) is 6.07 Å². The van der Waals surface area contributed by atoms with Gasteiger partial charge in [-0.1, -0.05) is 0 Å². The van der Waals surface area contributed by atoms with Gasteiger partial charge in [-0.25, -0.2) is 18.6 Å². The predicted molar refractivity (Wildman–Crippen MR) is 92.1 cm³/mol. The second kappa shape index (κ2) is 6.15. The average molecular weight is 388 g/mol. The zero-order valence-corrected chi connectivity index (χ0v) is 14.5. The summed E-state index contributed by atoms with van der Waals surface area (Å²) >= 11 is 0. The number of imidazole rings is 1. The molecule has 0 spiro atoms. The van der Waals surface area contributed by atoms with Crippen LogP contribution in [0.1, 0.15) is 16.3 Å². The molecule has 0 aliphatic carbocycles. The summed E-state index contributed by atoms with van der Waals surface area (Å²) in [7, 11) is 1.64. The van der Waals surface area contributed by atoms with Crippen LogP contribution < -0.4 is 16.0 Å². The smallest absolute Gasteiger partial charge is 0.322 e. The Morgan fingerprint density at radius 3 is 2.71 bits per heavy atom. The topological polar surface area (TPSA) is 121 Å². The zero-order chi connectivity index (χ0) is 20.1. The number of fused-ring (bicyclic) bond motifs is 1. The highest BCUT2D eigenvalue weighted by molar-refractivity contribution is 6.07. The number of aromatic nitrogens is 3. The maximum atomic E-state index is 13.8. The average Bonchev–Trinajstić information content (AvgIpc) is 3.30. The molecule has 4 N–H and O–H groups in total. The molecular weight excluding hydrogens is 374 g/mol. The summed E-state index contributed by atoms with van der Waals surface area (Å²) in [5, 5.41) is 7.20. The number of H-pyrrole nitrogens is 1. The van der Waals surface area contributed by atoms with E-state index >= 15 is 0 Å². The van der Waals surface area contributed by atoms with Crippen LogP contribution in [0.4, 0.5) is 13.6 Å². The third-order valence-electron chi connectivity index (χ3n) is 4.56. The minimum atomic E-state index is -1.60. The fourth-order valence-electron chi connectivity index (χ4n) is 3.22. The first kappa shape index (κ1) is 17.6. The maximum absolute atomic E-state index is 13.8. The fourth-order valence-corrected chi connectivity index (χ4v) is 3.22. The third kappa shape index (κ3) is 2.68. The summed E-state index contributed by atoms with van der Waals surface area (Å²) in [5.74, 6) is -2.70. The van der Waals surface area contributed by atoms with Crippen molar-refractivity contribution in [3.63, 3.8) is 0 Å². The van der Waals surface area contributed by atoms with E-state index in [2.05, 4.69) is 25.9 Å². The number of hydrogen-bond donors (Lipinski definition) is 4. The van der Waals surface area contributed by atoms with E-state index in [1.807, 2.05) is 0 Å². The van der Waals surface area contributed by atoms with Crippen LogP contribution in [0.3, 0.4) is 0 Å². The summed E-state index contributed by atoms with van der Waals surface area (Å²) in [6, 6.07) is 2.30. The molecule has 1 fully saturated rings. The van der Waals surface area contributed by atoms with Gasteiger partial charge in [-0.15, -0.1) is 0 Å². The van der Waals surface area contributed by atoms with Crippen molar-refractivity contribution in [3.05, 3.63) is 53.7 Å². The van der Waals surface area contributed by atoms with Gasteiger partial charge in [0.15, 0.2) is 5.54 Å². The summed E-state index contributed by atoms with van der Waals surface area (Å²) in [6.45, 7) is -0.305. The molecule has 0 saturated carbocycles. The van der Waals surface area contributed by atoms with Crippen molar-refractivity contribution >= 4 is 28.7 Å². The van der Waals surface area contributed by atoms with Gasteiger partial charge in [-0.05, 0) is 12.1 Å². The number of imide groups is 1. The molecule has 4 rings (SSSR count). The molecule has 1 aliphatic rings. The highest BCUT2D eigenvalue weighted by atomic mass is 19.1. The van der Waals surface area contributed by atoms with E-state index in [-0.39, 0.29) is 29.0 Å². The number of nitrogens with zero attached hydrogens (tertiary/aromatic N) is 2. The number of halogens is 2. The van der Waals surface area contributed by atoms with Crippen molar-refractivity contribution in [1.29, 1.82) is 0 Å². The van der Waals surface area contributed by atoms with Crippen LogP contribution in [0.5, 0.6) is 0 Å². The van der Waals surface area contributed by atoms with E-state index in [1.54, 1.807) is 17.8 Å². The van der Waals surface area contributed by atoms with Crippen LogP contribution in [0.2, 0.25) is 0 Å². The molecular formula is C17H14F2N6O3. The number of aromatic amines is 1. The van der Waals surface area contributed by atoms with Gasteiger partial charge < -0.3 is 20.2 Å². The van der Waals surface area contributed by atoms with E-state index in [4.69, 9.17) is 0 Å². The van der Waals surface area contributed by atoms with Crippen LogP contribution >= 0.6 is 0 Å². The Morgan fingerprint density at radius 1 is 1.29 bits per heavy atom. The van der Waals surface area contributed by atoms with Crippen LogP contribution in [-0.2, 0) is 17.4 Å². The first-order valence-corrected chi connectivity index (χ1v) is 8.17. The second-order valence-electron chi connectivity index (χ2n) is 6.39. The lowest BCUT2D eigenvalue weighted by Gasteiger charge is -2.25. The van der Waals surface area contributed by atoms with E-state index in [0.717, 1.165) is 6.07 Å². The maximum Gasteiger partial charge on any atom is 0.322 e. The van der Waals surface area contributed by atoms with Crippen LogP contribution in [-0.4, -0.2) is 38.9 Å². The van der Waals surface area contributed by atoms with Gasteiger partial charge in [0.2, 0.25) is 0 Å². The van der Waals surface area contributed by atoms with Crippen molar-refractivity contribution in [2.45, 2.75) is 5.54 Å². The first-order chi connectivity index (χ1) is 13.3. The monoisotopic (exact) mass is 388 g/mol. The third-order valence-corrected chi connectivity index (χ3v) is 4.56. The lowest BCUT2D eigenvalue weighted by molar-refractivity contribution is -0.124. The second-order valence-corrected chi connectivity index (χ2v) is 6.39. The Labute approximate surface area is 156 Å². The molecule has 3 heterocycles. The molecule has 3 aromatic rings. The van der Waals surface area contributed by atoms with Gasteiger partial charge in [0, 0.05) is 30.9 Å². The van der Waals surface area contributed by atoms with Crippen LogP contribution in [0.15, 0.2) is 30.6 Å². The molecule has 144 valence electrons. The van der Waals surface area contributed by atoms with Crippen LogP contribution in [0.25, 0.3) is 10.9 Å².